The van der Waals surface area contributed by atoms with E-state index in [0.29, 0.717) is 0 Å². The van der Waals surface area contributed by atoms with Crippen molar-refractivity contribution in [3.8, 4) is 0 Å². The van der Waals surface area contributed by atoms with E-state index in [2.05, 4.69) is 25.6 Å². The molecule has 2 aliphatic heterocycles. The molecule has 2 bridgehead atoms. The lowest BCUT2D eigenvalue weighted by Gasteiger charge is -2.32. The van der Waals surface area contributed by atoms with Crippen LogP contribution >= 0.6 is 11.8 Å². The van der Waals surface area contributed by atoms with E-state index in [9.17, 15) is 0 Å². The Kier molecular flexibility index (Phi) is 2.18. The lowest BCUT2D eigenvalue weighted by molar-refractivity contribution is 0.348. The molecule has 3 aliphatic rings. The molecule has 3 rings (SSSR count). The molecule has 0 N–H and O–H groups in total. The number of hydrogen-bond acceptors (Lipinski definition) is 1. The van der Waals surface area contributed by atoms with Crippen LogP contribution in [0.3, 0.4) is 0 Å². The Morgan fingerprint density at radius 3 is 2.45 bits per heavy atom. The predicted octanol–water partition coefficient (Wildman–Crippen LogP) is 3.32. The first-order valence-electron chi connectivity index (χ1n) is 4.91. The van der Waals surface area contributed by atoms with E-state index in [4.69, 9.17) is 0 Å². The Morgan fingerprint density at radius 2 is 1.82 bits per heavy atom. The quantitative estimate of drug-likeness (QED) is 0.582. The number of rotatable bonds is 1. The minimum absolute atomic E-state index is 0.926. The first-order chi connectivity index (χ1) is 5.25. The van der Waals surface area contributed by atoms with Crippen LogP contribution < -0.4 is 0 Å². The molecule has 0 radical (unpaired) electrons. The van der Waals surface area contributed by atoms with Crippen molar-refractivity contribution in [3.05, 3.63) is 0 Å². The molecule has 3 atom stereocenters. The van der Waals surface area contributed by atoms with Crippen molar-refractivity contribution in [3.63, 3.8) is 0 Å². The fourth-order valence-corrected chi connectivity index (χ4v) is 3.86. The smallest absolute Gasteiger partial charge is 0.00631 e. The Bertz CT molecular complexity index is 136. The molecule has 0 spiro atoms. The Balaban J connectivity index is 1.92. The van der Waals surface area contributed by atoms with Gasteiger partial charge in [-0.2, -0.15) is 11.8 Å². The maximum Gasteiger partial charge on any atom is 0.00631 e. The molecule has 3 unspecified atom stereocenters. The zero-order valence-corrected chi connectivity index (χ0v) is 8.36. The summed E-state index contributed by atoms with van der Waals surface area (Å²) in [7, 11) is 0. The summed E-state index contributed by atoms with van der Waals surface area (Å²) >= 11 is 2.26. The summed E-state index contributed by atoms with van der Waals surface area (Å²) in [6, 6.07) is 0. The molecule has 1 saturated carbocycles. The third kappa shape index (κ3) is 1.58. The molecule has 0 aromatic carbocycles. The highest BCUT2D eigenvalue weighted by Gasteiger charge is 2.36. The SMILES string of the molecule is CC(C)C1CCC2CC(C1)S2. The number of fused-ring (bicyclic) bond motifs is 3. The van der Waals surface area contributed by atoms with Gasteiger partial charge in [-0.1, -0.05) is 13.8 Å². The van der Waals surface area contributed by atoms with Crippen LogP contribution in [0.1, 0.15) is 39.5 Å². The molecule has 0 amide bonds. The topological polar surface area (TPSA) is 0 Å². The third-order valence-corrected chi connectivity index (χ3v) is 4.86. The zero-order chi connectivity index (χ0) is 7.84. The predicted molar refractivity (Wildman–Crippen MR) is 52.0 cm³/mol. The van der Waals surface area contributed by atoms with Gasteiger partial charge in [0.25, 0.3) is 0 Å². The van der Waals surface area contributed by atoms with E-state index in [1.165, 1.54) is 25.7 Å². The van der Waals surface area contributed by atoms with Gasteiger partial charge in [0.05, 0.1) is 0 Å². The second-order valence-electron chi connectivity index (χ2n) is 4.43. The van der Waals surface area contributed by atoms with Crippen LogP contribution in [0.15, 0.2) is 0 Å². The van der Waals surface area contributed by atoms with Crippen molar-refractivity contribution in [2.24, 2.45) is 11.8 Å². The Hall–Kier alpha value is 0.350. The molecule has 1 heteroatoms. The molecule has 2 heterocycles. The van der Waals surface area contributed by atoms with Crippen LogP contribution in [0.4, 0.5) is 0 Å². The first-order valence-corrected chi connectivity index (χ1v) is 5.85. The number of hydrogen-bond donors (Lipinski definition) is 0. The van der Waals surface area contributed by atoms with Crippen molar-refractivity contribution in [1.29, 1.82) is 0 Å². The van der Waals surface area contributed by atoms with E-state index >= 15 is 0 Å². The van der Waals surface area contributed by atoms with Gasteiger partial charge >= 0.3 is 0 Å². The highest BCUT2D eigenvalue weighted by Crippen LogP contribution is 2.48. The normalized spacial score (nSPS) is 43.4. The average Bonchev–Trinajstić information content (AvgIpc) is 2.13. The van der Waals surface area contributed by atoms with Gasteiger partial charge in [0.15, 0.2) is 0 Å². The monoisotopic (exact) mass is 170 g/mol. The zero-order valence-electron chi connectivity index (χ0n) is 7.55. The molecule has 64 valence electrons. The van der Waals surface area contributed by atoms with Crippen LogP contribution in [0, 0.1) is 11.8 Å². The minimum Gasteiger partial charge on any atom is -0.155 e. The van der Waals surface area contributed by atoms with Crippen LogP contribution in [-0.2, 0) is 0 Å². The standard InChI is InChI=1S/C10H18S/c1-7(2)8-3-4-9-6-10(5-8)11-9/h7-10H,3-6H2,1-2H3. The molecule has 0 aromatic heterocycles. The molecular formula is C10H18S. The van der Waals surface area contributed by atoms with Crippen molar-refractivity contribution in [1.82, 2.24) is 0 Å². The maximum atomic E-state index is 2.39. The van der Waals surface area contributed by atoms with Gasteiger partial charge in [0.1, 0.15) is 0 Å². The summed E-state index contributed by atoms with van der Waals surface area (Å²) < 4.78 is 0. The highest BCUT2D eigenvalue weighted by atomic mass is 32.2. The Morgan fingerprint density at radius 1 is 1.09 bits per heavy atom. The van der Waals surface area contributed by atoms with E-state index in [-0.39, 0.29) is 0 Å². The molecule has 3 fully saturated rings. The third-order valence-electron chi connectivity index (χ3n) is 3.28. The molecule has 1 aliphatic carbocycles. The summed E-state index contributed by atoms with van der Waals surface area (Å²) in [5.41, 5.74) is 0. The van der Waals surface area contributed by atoms with E-state index in [0.717, 1.165) is 22.3 Å². The first kappa shape index (κ1) is 7.97. The average molecular weight is 170 g/mol. The van der Waals surface area contributed by atoms with Crippen molar-refractivity contribution in [2.45, 2.75) is 50.0 Å². The van der Waals surface area contributed by atoms with Crippen molar-refractivity contribution < 1.29 is 0 Å². The van der Waals surface area contributed by atoms with Gasteiger partial charge in [-0.25, -0.2) is 0 Å². The van der Waals surface area contributed by atoms with Crippen LogP contribution in [-0.4, -0.2) is 10.5 Å². The fraction of sp³-hybridized carbons (Fsp3) is 1.00. The second-order valence-corrected chi connectivity index (χ2v) is 6.04. The lowest BCUT2D eigenvalue weighted by atomic mass is 9.89. The van der Waals surface area contributed by atoms with E-state index < -0.39 is 0 Å². The van der Waals surface area contributed by atoms with Gasteiger partial charge in [-0.05, 0) is 37.5 Å². The van der Waals surface area contributed by atoms with Crippen molar-refractivity contribution in [2.75, 3.05) is 0 Å². The van der Waals surface area contributed by atoms with Crippen LogP contribution in [0.5, 0.6) is 0 Å². The number of thioether (sulfide) groups is 1. The van der Waals surface area contributed by atoms with Gasteiger partial charge in [-0.3, -0.25) is 0 Å². The van der Waals surface area contributed by atoms with Gasteiger partial charge in [0, 0.05) is 10.5 Å². The van der Waals surface area contributed by atoms with Gasteiger partial charge < -0.3 is 0 Å². The summed E-state index contributed by atoms with van der Waals surface area (Å²) in [5, 5.41) is 2.11. The molecule has 0 nitrogen and oxygen atoms in total. The minimum atomic E-state index is 0.926. The van der Waals surface area contributed by atoms with E-state index in [1.807, 2.05) is 0 Å². The summed E-state index contributed by atoms with van der Waals surface area (Å²) in [6.45, 7) is 4.77. The lowest BCUT2D eigenvalue weighted by Crippen LogP contribution is -2.24. The van der Waals surface area contributed by atoms with Gasteiger partial charge in [0.2, 0.25) is 0 Å². The molecule has 11 heavy (non-hydrogen) atoms. The molecule has 2 saturated heterocycles. The van der Waals surface area contributed by atoms with Crippen LogP contribution in [0.2, 0.25) is 0 Å². The summed E-state index contributed by atoms with van der Waals surface area (Å²) in [6.07, 6.45) is 6.06. The summed E-state index contributed by atoms with van der Waals surface area (Å²) in [5.74, 6) is 1.97. The van der Waals surface area contributed by atoms with Gasteiger partial charge in [-0.15, -0.1) is 0 Å². The molecular weight excluding hydrogens is 152 g/mol. The fourth-order valence-electron chi connectivity index (χ4n) is 2.35. The second kappa shape index (κ2) is 3.01. The molecule has 0 aromatic rings. The maximum absolute atomic E-state index is 2.39. The van der Waals surface area contributed by atoms with Crippen LogP contribution in [0.25, 0.3) is 0 Å². The van der Waals surface area contributed by atoms with E-state index in [1.54, 1.807) is 0 Å². The van der Waals surface area contributed by atoms with Crippen molar-refractivity contribution >= 4 is 11.8 Å². The highest BCUT2D eigenvalue weighted by molar-refractivity contribution is 8.01. The summed E-state index contributed by atoms with van der Waals surface area (Å²) in [4.78, 5) is 0. The Labute approximate surface area is 74.1 Å². The largest absolute Gasteiger partial charge is 0.155 e.